The second kappa shape index (κ2) is 7.60. The summed E-state index contributed by atoms with van der Waals surface area (Å²) in [7, 11) is 1.50. The molecule has 0 fully saturated rings. The van der Waals surface area contributed by atoms with E-state index in [0.717, 1.165) is 4.68 Å². The summed E-state index contributed by atoms with van der Waals surface area (Å²) in [5.74, 6) is -0.264. The van der Waals surface area contributed by atoms with Crippen LogP contribution in [0.4, 0.5) is 10.1 Å². The number of carbonyl (C=O) groups is 1. The van der Waals surface area contributed by atoms with E-state index in [9.17, 15) is 14.0 Å². The maximum absolute atomic E-state index is 13.0. The van der Waals surface area contributed by atoms with Crippen molar-refractivity contribution in [2.24, 2.45) is 0 Å². The zero-order chi connectivity index (χ0) is 18.5. The molecule has 0 aliphatic heterocycles. The lowest BCUT2D eigenvalue weighted by molar-refractivity contribution is -0.117. The quantitative estimate of drug-likeness (QED) is 0.765. The lowest BCUT2D eigenvalue weighted by Gasteiger charge is -2.11. The van der Waals surface area contributed by atoms with Crippen LogP contribution in [0.1, 0.15) is 0 Å². The smallest absolute Gasteiger partial charge is 0.267 e. The van der Waals surface area contributed by atoms with Crippen LogP contribution in [-0.4, -0.2) is 22.8 Å². The predicted molar refractivity (Wildman–Crippen MR) is 95.5 cm³/mol. The summed E-state index contributed by atoms with van der Waals surface area (Å²) in [6, 6.07) is 15.5. The molecule has 0 spiro atoms. The monoisotopic (exact) mass is 353 g/mol. The van der Waals surface area contributed by atoms with Crippen molar-refractivity contribution in [2.75, 3.05) is 12.4 Å². The molecule has 0 atom stereocenters. The third-order valence-corrected chi connectivity index (χ3v) is 3.68. The molecule has 0 aliphatic rings. The Bertz CT molecular complexity index is 984. The van der Waals surface area contributed by atoms with Crippen molar-refractivity contribution in [3.8, 4) is 17.0 Å². The summed E-state index contributed by atoms with van der Waals surface area (Å²) >= 11 is 0. The van der Waals surface area contributed by atoms with Crippen LogP contribution in [0.15, 0.2) is 65.5 Å². The van der Waals surface area contributed by atoms with Gasteiger partial charge < -0.3 is 10.1 Å². The highest BCUT2D eigenvalue weighted by molar-refractivity contribution is 5.92. The molecule has 26 heavy (non-hydrogen) atoms. The number of aromatic nitrogens is 2. The highest BCUT2D eigenvalue weighted by Gasteiger charge is 2.10. The average Bonchev–Trinajstić information content (AvgIpc) is 2.64. The van der Waals surface area contributed by atoms with Gasteiger partial charge in [0.15, 0.2) is 0 Å². The van der Waals surface area contributed by atoms with Gasteiger partial charge in [0.2, 0.25) is 5.91 Å². The lowest BCUT2D eigenvalue weighted by atomic mass is 10.1. The van der Waals surface area contributed by atoms with Gasteiger partial charge in [-0.25, -0.2) is 9.07 Å². The first kappa shape index (κ1) is 17.3. The molecule has 2 aromatic carbocycles. The molecule has 0 unspecified atom stereocenters. The Labute approximate surface area is 148 Å². The molecule has 7 heteroatoms. The number of benzene rings is 2. The number of para-hydroxylation sites is 2. The Morgan fingerprint density at radius 3 is 2.58 bits per heavy atom. The van der Waals surface area contributed by atoms with Gasteiger partial charge in [-0.2, -0.15) is 5.10 Å². The summed E-state index contributed by atoms with van der Waals surface area (Å²) in [6.45, 7) is -0.258. The van der Waals surface area contributed by atoms with Crippen LogP contribution >= 0.6 is 0 Å². The third-order valence-electron chi connectivity index (χ3n) is 3.68. The second-order valence-electron chi connectivity index (χ2n) is 5.47. The molecule has 0 bridgehead atoms. The van der Waals surface area contributed by atoms with E-state index in [1.165, 1.54) is 31.4 Å². The van der Waals surface area contributed by atoms with Gasteiger partial charge in [-0.15, -0.1) is 0 Å². The number of carbonyl (C=O) groups excluding carboxylic acids is 1. The summed E-state index contributed by atoms with van der Waals surface area (Å²) in [5, 5.41) is 6.88. The maximum Gasteiger partial charge on any atom is 0.267 e. The van der Waals surface area contributed by atoms with Crippen LogP contribution in [0.5, 0.6) is 5.75 Å². The number of nitrogens with zero attached hydrogens (tertiary/aromatic N) is 2. The van der Waals surface area contributed by atoms with Gasteiger partial charge in [0, 0.05) is 11.6 Å². The molecule has 1 aromatic heterocycles. The number of methoxy groups -OCH3 is 1. The molecule has 3 aromatic rings. The van der Waals surface area contributed by atoms with Crippen molar-refractivity contribution in [1.29, 1.82) is 0 Å². The highest BCUT2D eigenvalue weighted by Crippen LogP contribution is 2.22. The van der Waals surface area contributed by atoms with E-state index in [0.29, 0.717) is 22.7 Å². The predicted octanol–water partition coefficient (Wildman–Crippen LogP) is 2.70. The van der Waals surface area contributed by atoms with E-state index < -0.39 is 11.5 Å². The summed E-state index contributed by atoms with van der Waals surface area (Å²) in [4.78, 5) is 24.3. The first-order valence-electron chi connectivity index (χ1n) is 7.84. The van der Waals surface area contributed by atoms with Gasteiger partial charge in [-0.1, -0.05) is 12.1 Å². The molecule has 3 rings (SSSR count). The topological polar surface area (TPSA) is 73.2 Å². The Hall–Kier alpha value is -3.48. The number of rotatable bonds is 5. The van der Waals surface area contributed by atoms with Crippen molar-refractivity contribution in [2.45, 2.75) is 6.54 Å². The number of amides is 1. The van der Waals surface area contributed by atoms with Gasteiger partial charge in [-0.3, -0.25) is 9.59 Å². The number of hydrogen-bond acceptors (Lipinski definition) is 4. The van der Waals surface area contributed by atoms with E-state index in [-0.39, 0.29) is 12.4 Å². The SMILES string of the molecule is COc1ccccc1NC(=O)Cn1nc(-c2ccc(F)cc2)ccc1=O. The number of anilines is 1. The van der Waals surface area contributed by atoms with E-state index in [4.69, 9.17) is 4.74 Å². The molecule has 0 radical (unpaired) electrons. The minimum Gasteiger partial charge on any atom is -0.495 e. The molecule has 6 nitrogen and oxygen atoms in total. The van der Waals surface area contributed by atoms with Gasteiger partial charge in [-0.05, 0) is 42.5 Å². The van der Waals surface area contributed by atoms with Crippen molar-refractivity contribution in [3.63, 3.8) is 0 Å². The minimum atomic E-state index is -0.416. The van der Waals surface area contributed by atoms with Crippen molar-refractivity contribution in [1.82, 2.24) is 9.78 Å². The molecule has 1 N–H and O–H groups in total. The molecule has 1 heterocycles. The van der Waals surface area contributed by atoms with Crippen LogP contribution in [0.25, 0.3) is 11.3 Å². The number of halogens is 1. The van der Waals surface area contributed by atoms with Crippen molar-refractivity contribution < 1.29 is 13.9 Å². The number of ether oxygens (including phenoxy) is 1. The van der Waals surface area contributed by atoms with Gasteiger partial charge >= 0.3 is 0 Å². The Morgan fingerprint density at radius 2 is 1.85 bits per heavy atom. The Balaban J connectivity index is 1.81. The van der Waals surface area contributed by atoms with E-state index in [1.807, 2.05) is 0 Å². The van der Waals surface area contributed by atoms with Crippen LogP contribution in [0.2, 0.25) is 0 Å². The first-order valence-corrected chi connectivity index (χ1v) is 7.84. The van der Waals surface area contributed by atoms with Crippen LogP contribution in [-0.2, 0) is 11.3 Å². The Kier molecular flexibility index (Phi) is 5.07. The summed E-state index contributed by atoms with van der Waals surface area (Å²) in [6.07, 6.45) is 0. The van der Waals surface area contributed by atoms with Crippen molar-refractivity contribution >= 4 is 11.6 Å². The fourth-order valence-corrected chi connectivity index (χ4v) is 2.41. The molecule has 0 aliphatic carbocycles. The molecule has 0 saturated carbocycles. The van der Waals surface area contributed by atoms with Crippen LogP contribution in [0, 0.1) is 5.82 Å². The fourth-order valence-electron chi connectivity index (χ4n) is 2.41. The zero-order valence-corrected chi connectivity index (χ0v) is 14.0. The molecular formula is C19H16FN3O3. The number of hydrogen-bond donors (Lipinski definition) is 1. The first-order chi connectivity index (χ1) is 12.6. The molecular weight excluding hydrogens is 337 g/mol. The van der Waals surface area contributed by atoms with E-state index in [1.54, 1.807) is 36.4 Å². The minimum absolute atomic E-state index is 0.258. The van der Waals surface area contributed by atoms with Crippen LogP contribution < -0.4 is 15.6 Å². The standard InChI is InChI=1S/C19H16FN3O3/c1-26-17-5-3-2-4-16(17)21-18(24)12-23-19(25)11-10-15(22-23)13-6-8-14(20)9-7-13/h2-11H,12H2,1H3,(H,21,24). The second-order valence-corrected chi connectivity index (χ2v) is 5.47. The number of nitrogens with one attached hydrogen (secondary N) is 1. The summed E-state index contributed by atoms with van der Waals surface area (Å²) < 4.78 is 19.3. The van der Waals surface area contributed by atoms with Gasteiger partial charge in [0.05, 0.1) is 18.5 Å². The molecule has 1 amide bonds. The molecule has 132 valence electrons. The summed E-state index contributed by atoms with van der Waals surface area (Å²) in [5.41, 5.74) is 1.20. The Morgan fingerprint density at radius 1 is 1.12 bits per heavy atom. The average molecular weight is 353 g/mol. The van der Waals surface area contributed by atoms with Crippen LogP contribution in [0.3, 0.4) is 0 Å². The van der Waals surface area contributed by atoms with Gasteiger partial charge in [0.25, 0.3) is 5.56 Å². The fraction of sp³-hybridized carbons (Fsp3) is 0.105. The molecule has 0 saturated heterocycles. The largest absolute Gasteiger partial charge is 0.495 e. The highest BCUT2D eigenvalue weighted by atomic mass is 19.1. The maximum atomic E-state index is 13.0. The zero-order valence-electron chi connectivity index (χ0n) is 14.0. The van der Waals surface area contributed by atoms with Gasteiger partial charge in [0.1, 0.15) is 18.1 Å². The van der Waals surface area contributed by atoms with E-state index >= 15 is 0 Å². The van der Waals surface area contributed by atoms with Crippen molar-refractivity contribution in [3.05, 3.63) is 76.8 Å². The third kappa shape index (κ3) is 3.94. The normalized spacial score (nSPS) is 10.4. The van der Waals surface area contributed by atoms with E-state index in [2.05, 4.69) is 10.4 Å². The lowest BCUT2D eigenvalue weighted by Crippen LogP contribution is -2.29.